The Labute approximate surface area is 270 Å². The molecule has 1 aliphatic heterocycles. The number of carboxylic acid groups (broad SMARTS) is 1. The molecule has 2 aliphatic carbocycles. The molecule has 0 amide bonds. The molecule has 1 heterocycles. The van der Waals surface area contributed by atoms with Crippen LogP contribution in [0.3, 0.4) is 0 Å². The number of rotatable bonds is 9. The Morgan fingerprint density at radius 1 is 0.826 bits per heavy atom. The van der Waals surface area contributed by atoms with Crippen LogP contribution < -0.4 is 9.47 Å². The second-order valence-electron chi connectivity index (χ2n) is 14.4. The lowest BCUT2D eigenvalue weighted by atomic mass is 9.63. The molecule has 0 aromatic heterocycles. The third-order valence-electron chi connectivity index (χ3n) is 9.44. The normalized spacial score (nSPS) is 19.3. The van der Waals surface area contributed by atoms with Crippen molar-refractivity contribution in [1.82, 2.24) is 4.90 Å². The number of Topliss-reactive ketones (excluding diaryl/α,β-unsaturated/α-hetero) is 2. The van der Waals surface area contributed by atoms with Crippen LogP contribution in [-0.2, 0) is 21.0 Å². The zero-order chi connectivity index (χ0) is 32.8. The molecule has 3 aromatic rings. The van der Waals surface area contributed by atoms with Crippen molar-refractivity contribution in [3.63, 3.8) is 0 Å². The molecule has 1 N–H and O–H groups in total. The summed E-state index contributed by atoms with van der Waals surface area (Å²) < 4.78 is 12.5. The molecule has 0 bridgehead atoms. The number of carbonyl (C=O) groups excluding carboxylic acids is 2. The van der Waals surface area contributed by atoms with Crippen LogP contribution in [0.4, 0.5) is 0 Å². The molecule has 6 rings (SSSR count). The molecule has 0 unspecified atom stereocenters. The number of aliphatic carboxylic acids is 1. The molecular formula is C39H43NO6. The monoisotopic (exact) mass is 621 g/mol. The fourth-order valence-corrected chi connectivity index (χ4v) is 7.52. The Kier molecular flexibility index (Phi) is 8.30. The van der Waals surface area contributed by atoms with E-state index < -0.39 is 11.9 Å². The summed E-state index contributed by atoms with van der Waals surface area (Å²) in [5.41, 5.74) is 4.23. The summed E-state index contributed by atoms with van der Waals surface area (Å²) in [5.74, 6) is -0.290. The lowest BCUT2D eigenvalue weighted by Crippen LogP contribution is -2.45. The van der Waals surface area contributed by atoms with Gasteiger partial charge in [0, 0.05) is 47.8 Å². The summed E-state index contributed by atoms with van der Waals surface area (Å²) in [6, 6.07) is 20.1. The molecule has 46 heavy (non-hydrogen) atoms. The van der Waals surface area contributed by atoms with Gasteiger partial charge in [-0.2, -0.15) is 0 Å². The van der Waals surface area contributed by atoms with Gasteiger partial charge in [-0.25, -0.2) is 0 Å². The topological polar surface area (TPSA) is 93.1 Å². The average molecular weight is 622 g/mol. The van der Waals surface area contributed by atoms with E-state index in [1.165, 1.54) is 0 Å². The molecule has 0 fully saturated rings. The Morgan fingerprint density at radius 3 is 2.09 bits per heavy atom. The summed E-state index contributed by atoms with van der Waals surface area (Å²) in [4.78, 5) is 41.9. The maximum atomic E-state index is 14.1. The van der Waals surface area contributed by atoms with Gasteiger partial charge < -0.3 is 19.5 Å². The highest BCUT2D eigenvalue weighted by Gasteiger charge is 2.49. The van der Waals surface area contributed by atoms with E-state index in [4.69, 9.17) is 9.47 Å². The van der Waals surface area contributed by atoms with Gasteiger partial charge in [-0.3, -0.25) is 14.4 Å². The highest BCUT2D eigenvalue weighted by Crippen LogP contribution is 2.55. The first-order valence-corrected chi connectivity index (χ1v) is 16.3. The molecule has 3 aromatic carbocycles. The van der Waals surface area contributed by atoms with Gasteiger partial charge in [-0.05, 0) is 64.6 Å². The van der Waals surface area contributed by atoms with Crippen LogP contribution in [0.2, 0.25) is 0 Å². The summed E-state index contributed by atoms with van der Waals surface area (Å²) in [7, 11) is 0. The number of nitrogens with zero attached hydrogens (tertiary/aromatic N) is 1. The van der Waals surface area contributed by atoms with Crippen molar-refractivity contribution in [3.05, 3.63) is 94.3 Å². The van der Waals surface area contributed by atoms with Crippen molar-refractivity contribution in [2.75, 3.05) is 13.2 Å². The van der Waals surface area contributed by atoms with Crippen LogP contribution in [-0.4, -0.2) is 40.7 Å². The fourth-order valence-electron chi connectivity index (χ4n) is 7.52. The smallest absolute Gasteiger partial charge is 0.305 e. The number of ketones is 2. The van der Waals surface area contributed by atoms with Gasteiger partial charge in [0.05, 0.1) is 13.0 Å². The second-order valence-corrected chi connectivity index (χ2v) is 14.4. The van der Waals surface area contributed by atoms with Crippen molar-refractivity contribution in [1.29, 1.82) is 0 Å². The average Bonchev–Trinajstić information content (AvgIpc) is 2.98. The zero-order valence-electron chi connectivity index (χ0n) is 27.4. The molecule has 3 aliphatic rings. The number of ether oxygens (including phenoxy) is 2. The molecule has 0 radical (unpaired) electrons. The quantitative estimate of drug-likeness (QED) is 0.259. The van der Waals surface area contributed by atoms with Gasteiger partial charge in [-0.15, -0.1) is 0 Å². The standard InChI is InChI=1S/C39H43NO6/c1-6-45-33-18-25(14-15-32(33)46-23-26-12-9-11-24-10-7-8-13-27(24)26)35-36-28(19-38(2,3)21-30(36)41)40(17-16-34(43)44)29-20-39(4,5)22-31(42)37(29)35/h7-15,18,35H,6,16-17,19-23H2,1-5H3,(H,43,44). The number of fused-ring (bicyclic) bond motifs is 1. The Balaban J connectivity index is 1.45. The predicted molar refractivity (Wildman–Crippen MR) is 178 cm³/mol. The highest BCUT2D eigenvalue weighted by molar-refractivity contribution is 6.07. The van der Waals surface area contributed by atoms with Gasteiger partial charge in [0.25, 0.3) is 0 Å². The Hall–Kier alpha value is -4.39. The molecule has 240 valence electrons. The number of carboxylic acids is 1. The van der Waals surface area contributed by atoms with Crippen LogP contribution in [0.5, 0.6) is 11.5 Å². The van der Waals surface area contributed by atoms with Crippen LogP contribution >= 0.6 is 0 Å². The molecule has 7 heteroatoms. The van der Waals surface area contributed by atoms with E-state index in [9.17, 15) is 19.5 Å². The molecule has 0 atom stereocenters. The summed E-state index contributed by atoms with van der Waals surface area (Å²) in [5, 5.41) is 11.9. The molecule has 7 nitrogen and oxygen atoms in total. The number of carbonyl (C=O) groups is 3. The van der Waals surface area contributed by atoms with Crippen molar-refractivity contribution in [3.8, 4) is 11.5 Å². The van der Waals surface area contributed by atoms with Crippen LogP contribution in [0.1, 0.15) is 83.8 Å². The minimum absolute atomic E-state index is 0.00926. The summed E-state index contributed by atoms with van der Waals surface area (Å²) in [6.45, 7) is 11.2. The maximum absolute atomic E-state index is 14.1. The van der Waals surface area contributed by atoms with Gasteiger partial charge in [0.15, 0.2) is 23.1 Å². The molecule has 0 saturated carbocycles. The van der Waals surface area contributed by atoms with Crippen molar-refractivity contribution < 1.29 is 29.0 Å². The number of benzene rings is 3. The summed E-state index contributed by atoms with van der Waals surface area (Å²) in [6.07, 6.45) is 1.89. The predicted octanol–water partition coefficient (Wildman–Crippen LogP) is 7.98. The van der Waals surface area contributed by atoms with E-state index in [1.54, 1.807) is 0 Å². The summed E-state index contributed by atoms with van der Waals surface area (Å²) >= 11 is 0. The third kappa shape index (κ3) is 6.07. The SMILES string of the molecule is CCOc1cc(C2C3=C(CC(C)(C)CC3=O)N(CCC(=O)O)C3=C2C(=O)CC(C)(C)C3)ccc1OCc1cccc2ccccc12. The minimum atomic E-state index is -0.908. The van der Waals surface area contributed by atoms with Crippen LogP contribution in [0.25, 0.3) is 10.8 Å². The van der Waals surface area contributed by atoms with E-state index in [0.29, 0.717) is 61.5 Å². The van der Waals surface area contributed by atoms with Crippen molar-refractivity contribution in [2.45, 2.75) is 79.2 Å². The molecular weight excluding hydrogens is 578 g/mol. The zero-order valence-corrected chi connectivity index (χ0v) is 27.4. The molecule has 0 spiro atoms. The van der Waals surface area contributed by atoms with Gasteiger partial charge in [0.1, 0.15) is 6.61 Å². The van der Waals surface area contributed by atoms with E-state index >= 15 is 0 Å². The van der Waals surface area contributed by atoms with Crippen LogP contribution in [0.15, 0.2) is 83.2 Å². The van der Waals surface area contributed by atoms with Gasteiger partial charge in [0.2, 0.25) is 0 Å². The maximum Gasteiger partial charge on any atom is 0.305 e. The lowest BCUT2D eigenvalue weighted by molar-refractivity contribution is -0.137. The first-order valence-electron chi connectivity index (χ1n) is 16.3. The van der Waals surface area contributed by atoms with E-state index in [0.717, 1.165) is 33.3 Å². The first-order chi connectivity index (χ1) is 21.9. The fraction of sp³-hybridized carbons (Fsp3) is 0.410. The number of allylic oxidation sites excluding steroid dienone is 4. The van der Waals surface area contributed by atoms with Gasteiger partial charge in [-0.1, -0.05) is 76.2 Å². The highest BCUT2D eigenvalue weighted by atomic mass is 16.5. The molecule has 0 saturated heterocycles. The number of hydrogen-bond acceptors (Lipinski definition) is 6. The first kappa shape index (κ1) is 31.6. The van der Waals surface area contributed by atoms with Gasteiger partial charge >= 0.3 is 5.97 Å². The van der Waals surface area contributed by atoms with Crippen molar-refractivity contribution >= 4 is 28.3 Å². The Morgan fingerprint density at radius 2 is 1.46 bits per heavy atom. The number of hydrogen-bond donors (Lipinski definition) is 1. The lowest BCUT2D eigenvalue weighted by Gasteiger charge is -2.49. The minimum Gasteiger partial charge on any atom is -0.490 e. The Bertz CT molecular complexity index is 1740. The third-order valence-corrected chi connectivity index (χ3v) is 9.44. The van der Waals surface area contributed by atoms with E-state index in [2.05, 4.69) is 52.0 Å². The van der Waals surface area contributed by atoms with Crippen molar-refractivity contribution in [2.24, 2.45) is 10.8 Å². The van der Waals surface area contributed by atoms with E-state index in [1.807, 2.05) is 48.2 Å². The van der Waals surface area contributed by atoms with Crippen LogP contribution in [0, 0.1) is 10.8 Å². The largest absolute Gasteiger partial charge is 0.490 e. The second kappa shape index (κ2) is 12.1. The van der Waals surface area contributed by atoms with E-state index in [-0.39, 0.29) is 35.4 Å².